The van der Waals surface area contributed by atoms with Crippen molar-refractivity contribution in [1.29, 1.82) is 0 Å². The average molecular weight is 210 g/mol. The molecule has 76 valence electrons. The molecule has 3 heteroatoms. The molecule has 0 aromatic heterocycles. The third-order valence-electron chi connectivity index (χ3n) is 1.93. The number of hydrogen-bond acceptors (Lipinski definition) is 3. The Labute approximate surface area is 88.7 Å². The molecular formula is C11H14O2S. The Hall–Kier alpha value is -0.960. The second-order valence-corrected chi connectivity index (χ2v) is 3.94. The van der Waals surface area contributed by atoms with E-state index in [2.05, 4.69) is 0 Å². The fourth-order valence-corrected chi connectivity index (χ4v) is 1.75. The summed E-state index contributed by atoms with van der Waals surface area (Å²) in [6, 6.07) is 5.90. The highest BCUT2D eigenvalue weighted by molar-refractivity contribution is 7.98. The molecule has 0 amide bonds. The molecule has 1 aromatic carbocycles. The van der Waals surface area contributed by atoms with Crippen LogP contribution in [0.5, 0.6) is 5.75 Å². The zero-order valence-corrected chi connectivity index (χ0v) is 9.48. The maximum Gasteiger partial charge on any atom is 0.134 e. The van der Waals surface area contributed by atoms with Gasteiger partial charge in [0.05, 0.1) is 7.11 Å². The maximum absolute atomic E-state index is 11.0. The molecular weight excluding hydrogens is 196 g/mol. The van der Waals surface area contributed by atoms with Crippen LogP contribution >= 0.6 is 11.8 Å². The monoisotopic (exact) mass is 210 g/mol. The van der Waals surface area contributed by atoms with Gasteiger partial charge in [-0.05, 0) is 31.4 Å². The molecule has 0 aliphatic carbocycles. The maximum atomic E-state index is 11.0. The summed E-state index contributed by atoms with van der Waals surface area (Å²) in [6.45, 7) is 1.59. The van der Waals surface area contributed by atoms with Crippen molar-refractivity contribution in [3.63, 3.8) is 0 Å². The van der Waals surface area contributed by atoms with E-state index in [9.17, 15) is 4.79 Å². The van der Waals surface area contributed by atoms with Crippen molar-refractivity contribution >= 4 is 17.5 Å². The SMILES string of the molecule is COc1ccc(SC)cc1CC(C)=O. The van der Waals surface area contributed by atoms with Gasteiger partial charge in [-0.1, -0.05) is 0 Å². The van der Waals surface area contributed by atoms with E-state index in [0.717, 1.165) is 16.2 Å². The van der Waals surface area contributed by atoms with E-state index in [0.29, 0.717) is 6.42 Å². The summed E-state index contributed by atoms with van der Waals surface area (Å²) in [7, 11) is 1.62. The van der Waals surface area contributed by atoms with E-state index in [1.54, 1.807) is 25.8 Å². The van der Waals surface area contributed by atoms with Gasteiger partial charge >= 0.3 is 0 Å². The molecule has 2 nitrogen and oxygen atoms in total. The summed E-state index contributed by atoms with van der Waals surface area (Å²) in [5.41, 5.74) is 0.965. The molecule has 0 aliphatic heterocycles. The number of rotatable bonds is 4. The highest BCUT2D eigenvalue weighted by Gasteiger charge is 2.06. The lowest BCUT2D eigenvalue weighted by Gasteiger charge is -2.08. The zero-order valence-electron chi connectivity index (χ0n) is 8.66. The number of carbonyl (C=O) groups excluding carboxylic acids is 1. The van der Waals surface area contributed by atoms with E-state index in [4.69, 9.17) is 4.74 Å². The summed E-state index contributed by atoms with van der Waals surface area (Å²) >= 11 is 1.66. The normalized spacial score (nSPS) is 9.93. The van der Waals surface area contributed by atoms with E-state index < -0.39 is 0 Å². The standard InChI is InChI=1S/C11H14O2S/c1-8(12)6-9-7-10(14-3)4-5-11(9)13-2/h4-5,7H,6H2,1-3H3. The van der Waals surface area contributed by atoms with Gasteiger partial charge in [0, 0.05) is 16.9 Å². The number of methoxy groups -OCH3 is 1. The first-order chi connectivity index (χ1) is 6.67. The predicted molar refractivity (Wildman–Crippen MR) is 59.2 cm³/mol. The van der Waals surface area contributed by atoms with Crippen LogP contribution in [0.4, 0.5) is 0 Å². The van der Waals surface area contributed by atoms with Crippen molar-refractivity contribution in [1.82, 2.24) is 0 Å². The Kier molecular flexibility index (Phi) is 4.01. The van der Waals surface area contributed by atoms with E-state index in [-0.39, 0.29) is 5.78 Å². The summed E-state index contributed by atoms with van der Waals surface area (Å²) in [5.74, 6) is 0.944. The van der Waals surface area contributed by atoms with Crippen LogP contribution in [-0.4, -0.2) is 19.1 Å². The first-order valence-corrected chi connectivity index (χ1v) is 5.60. The number of ether oxygens (including phenoxy) is 1. The van der Waals surface area contributed by atoms with Gasteiger partial charge in [0.2, 0.25) is 0 Å². The van der Waals surface area contributed by atoms with E-state index in [1.807, 2.05) is 24.5 Å². The van der Waals surface area contributed by atoms with Crippen LogP contribution in [0.3, 0.4) is 0 Å². The Morgan fingerprint density at radius 3 is 2.71 bits per heavy atom. The summed E-state index contributed by atoms with van der Waals surface area (Å²) in [5, 5.41) is 0. The predicted octanol–water partition coefficient (Wildman–Crippen LogP) is 2.55. The molecule has 0 spiro atoms. The highest BCUT2D eigenvalue weighted by atomic mass is 32.2. The van der Waals surface area contributed by atoms with Crippen LogP contribution in [0.15, 0.2) is 23.1 Å². The lowest BCUT2D eigenvalue weighted by atomic mass is 10.1. The molecule has 0 saturated carbocycles. The number of ketones is 1. The van der Waals surface area contributed by atoms with Crippen molar-refractivity contribution in [2.75, 3.05) is 13.4 Å². The van der Waals surface area contributed by atoms with Crippen LogP contribution in [0.2, 0.25) is 0 Å². The van der Waals surface area contributed by atoms with Gasteiger partial charge in [-0.2, -0.15) is 0 Å². The Morgan fingerprint density at radius 1 is 1.50 bits per heavy atom. The quantitative estimate of drug-likeness (QED) is 0.714. The minimum Gasteiger partial charge on any atom is -0.496 e. The van der Waals surface area contributed by atoms with Crippen molar-refractivity contribution in [3.05, 3.63) is 23.8 Å². The Morgan fingerprint density at radius 2 is 2.21 bits per heavy atom. The fraction of sp³-hybridized carbons (Fsp3) is 0.364. The van der Waals surface area contributed by atoms with Gasteiger partial charge in [0.15, 0.2) is 0 Å². The largest absolute Gasteiger partial charge is 0.496 e. The van der Waals surface area contributed by atoms with E-state index in [1.165, 1.54) is 0 Å². The molecule has 0 heterocycles. The third-order valence-corrected chi connectivity index (χ3v) is 2.65. The second kappa shape index (κ2) is 5.05. The molecule has 0 fully saturated rings. The van der Waals surface area contributed by atoms with E-state index >= 15 is 0 Å². The second-order valence-electron chi connectivity index (χ2n) is 3.06. The van der Waals surface area contributed by atoms with Crippen LogP contribution in [0, 0.1) is 0 Å². The van der Waals surface area contributed by atoms with Crippen LogP contribution in [-0.2, 0) is 11.2 Å². The summed E-state index contributed by atoms with van der Waals surface area (Å²) in [6.07, 6.45) is 2.46. The van der Waals surface area contributed by atoms with Gasteiger partial charge in [-0.25, -0.2) is 0 Å². The number of Topliss-reactive ketones (excluding diaryl/α,β-unsaturated/α-hetero) is 1. The topological polar surface area (TPSA) is 26.3 Å². The molecule has 0 bridgehead atoms. The minimum absolute atomic E-state index is 0.154. The molecule has 0 radical (unpaired) electrons. The molecule has 0 saturated heterocycles. The molecule has 1 aromatic rings. The van der Waals surface area contributed by atoms with Crippen LogP contribution in [0.1, 0.15) is 12.5 Å². The van der Waals surface area contributed by atoms with Crippen LogP contribution < -0.4 is 4.74 Å². The van der Waals surface area contributed by atoms with Crippen molar-refractivity contribution < 1.29 is 9.53 Å². The Bertz CT molecular complexity index is 334. The molecule has 1 rings (SSSR count). The fourth-order valence-electron chi connectivity index (χ4n) is 1.29. The average Bonchev–Trinajstić information content (AvgIpc) is 2.16. The number of carbonyl (C=O) groups is 1. The minimum atomic E-state index is 0.154. The molecule has 0 atom stereocenters. The smallest absolute Gasteiger partial charge is 0.134 e. The highest BCUT2D eigenvalue weighted by Crippen LogP contribution is 2.25. The molecule has 0 N–H and O–H groups in total. The van der Waals surface area contributed by atoms with Gasteiger partial charge in [0.1, 0.15) is 11.5 Å². The van der Waals surface area contributed by atoms with Crippen LogP contribution in [0.25, 0.3) is 0 Å². The van der Waals surface area contributed by atoms with Crippen molar-refractivity contribution in [2.45, 2.75) is 18.2 Å². The third kappa shape index (κ3) is 2.77. The van der Waals surface area contributed by atoms with Gasteiger partial charge in [0.25, 0.3) is 0 Å². The van der Waals surface area contributed by atoms with Crippen molar-refractivity contribution in [3.8, 4) is 5.75 Å². The van der Waals surface area contributed by atoms with Crippen molar-refractivity contribution in [2.24, 2.45) is 0 Å². The summed E-state index contributed by atoms with van der Waals surface area (Å²) in [4.78, 5) is 12.2. The van der Waals surface area contributed by atoms with Gasteiger partial charge < -0.3 is 4.74 Å². The lowest BCUT2D eigenvalue weighted by molar-refractivity contribution is -0.116. The lowest BCUT2D eigenvalue weighted by Crippen LogP contribution is -1.99. The number of hydrogen-bond donors (Lipinski definition) is 0. The molecule has 14 heavy (non-hydrogen) atoms. The first-order valence-electron chi connectivity index (χ1n) is 4.37. The number of thioether (sulfide) groups is 1. The van der Waals surface area contributed by atoms with Gasteiger partial charge in [-0.15, -0.1) is 11.8 Å². The first kappa shape index (κ1) is 11.1. The Balaban J connectivity index is 3.01. The van der Waals surface area contributed by atoms with Gasteiger partial charge in [-0.3, -0.25) is 4.79 Å². The molecule has 0 aliphatic rings. The zero-order chi connectivity index (χ0) is 10.6. The summed E-state index contributed by atoms with van der Waals surface area (Å²) < 4.78 is 5.18. The number of benzene rings is 1. The molecule has 0 unspecified atom stereocenters.